The molecule has 12 heavy (non-hydrogen) atoms. The van der Waals surface area contributed by atoms with Crippen LogP contribution in [0.25, 0.3) is 0 Å². The van der Waals surface area contributed by atoms with Crippen molar-refractivity contribution in [2.75, 3.05) is 13.1 Å². The maximum Gasteiger partial charge on any atom is 0.0755 e. The van der Waals surface area contributed by atoms with Gasteiger partial charge in [0.2, 0.25) is 0 Å². The molecule has 1 aliphatic rings. The monoisotopic (exact) mass is 171 g/mol. The summed E-state index contributed by atoms with van der Waals surface area (Å²) in [6.07, 6.45) is 4.36. The Hall–Kier alpha value is -0.830. The van der Waals surface area contributed by atoms with Gasteiger partial charge in [0.15, 0.2) is 0 Å². The van der Waals surface area contributed by atoms with Gasteiger partial charge in [-0.25, -0.2) is 0 Å². The molecule has 1 saturated heterocycles. The molecule has 1 rings (SSSR count). The third-order valence-corrected chi connectivity index (χ3v) is 1.66. The van der Waals surface area contributed by atoms with Crippen LogP contribution in [0.5, 0.6) is 0 Å². The van der Waals surface area contributed by atoms with E-state index in [0.29, 0.717) is 0 Å². The third kappa shape index (κ3) is 7.28. The zero-order valence-electron chi connectivity index (χ0n) is 7.64. The van der Waals surface area contributed by atoms with E-state index >= 15 is 0 Å². The molecule has 0 aliphatic carbocycles. The molecule has 3 heteroatoms. The maximum absolute atomic E-state index is 9.49. The molecule has 2 N–H and O–H groups in total. The second-order valence-corrected chi connectivity index (χ2v) is 2.99. The van der Waals surface area contributed by atoms with Gasteiger partial charge in [0.25, 0.3) is 0 Å². The van der Waals surface area contributed by atoms with Crippen molar-refractivity contribution in [3.8, 4) is 0 Å². The predicted molar refractivity (Wildman–Crippen MR) is 45.3 cm³/mol. The lowest BCUT2D eigenvalue weighted by Gasteiger charge is -2.05. The topological polar surface area (TPSA) is 56.7 Å². The average Bonchev–Trinajstić information content (AvgIpc) is 2.08. The summed E-state index contributed by atoms with van der Waals surface area (Å²) in [7, 11) is 0. The van der Waals surface area contributed by atoms with Gasteiger partial charge in [-0.05, 0) is 31.8 Å². The summed E-state index contributed by atoms with van der Waals surface area (Å²) < 4.78 is 0. The van der Waals surface area contributed by atoms with Crippen LogP contribution in [0.4, 0.5) is 0 Å². The Morgan fingerprint density at radius 3 is 1.83 bits per heavy atom. The van der Waals surface area contributed by atoms with Crippen LogP contribution in [0.1, 0.15) is 26.2 Å². The summed E-state index contributed by atoms with van der Waals surface area (Å²) in [5, 5.41) is 11.9. The first-order valence-corrected chi connectivity index (χ1v) is 4.33. The Bertz CT molecular complexity index is 127. The van der Waals surface area contributed by atoms with Crippen molar-refractivity contribution in [2.45, 2.75) is 26.2 Å². The summed E-state index contributed by atoms with van der Waals surface area (Å²) in [5.41, 5.74) is 0.0648. The number of carboxylic acid groups (broad SMARTS) is 1. The summed E-state index contributed by atoms with van der Waals surface area (Å²) in [6.45, 7) is 7.23. The van der Waals surface area contributed by atoms with Crippen molar-refractivity contribution >= 4 is 5.97 Å². The lowest BCUT2D eigenvalue weighted by atomic mass is 10.2. The molecule has 0 aromatic heterocycles. The second kappa shape index (κ2) is 6.85. The third-order valence-electron chi connectivity index (χ3n) is 1.66. The molecule has 0 amide bonds. The molecular formula is C9H17NO2. The molecule has 0 atom stereocenters. The van der Waals surface area contributed by atoms with Gasteiger partial charge in [-0.3, -0.25) is 0 Å². The van der Waals surface area contributed by atoms with Gasteiger partial charge in [0.1, 0.15) is 0 Å². The zero-order chi connectivity index (χ0) is 9.40. The highest BCUT2D eigenvalue weighted by Gasteiger charge is 1.97. The van der Waals surface area contributed by atoms with E-state index < -0.39 is 5.97 Å². The SMILES string of the molecule is C1CC[NH2+]CC1.C=C(C)C(=O)[O-]. The van der Waals surface area contributed by atoms with Crippen LogP contribution in [0.15, 0.2) is 12.2 Å². The average molecular weight is 171 g/mol. The molecule has 0 aromatic rings. The Kier molecular flexibility index (Phi) is 6.38. The molecular weight excluding hydrogens is 154 g/mol. The fraction of sp³-hybridized carbons (Fsp3) is 0.667. The molecule has 0 saturated carbocycles. The Labute approximate surface area is 73.5 Å². The quantitative estimate of drug-likeness (QED) is 0.517. The number of hydrogen-bond donors (Lipinski definition) is 1. The van der Waals surface area contributed by atoms with Crippen LogP contribution in [-0.4, -0.2) is 19.1 Å². The molecule has 1 heterocycles. The molecule has 0 aromatic carbocycles. The van der Waals surface area contributed by atoms with E-state index in [9.17, 15) is 9.90 Å². The summed E-state index contributed by atoms with van der Waals surface area (Å²) in [4.78, 5) is 9.49. The lowest BCUT2D eigenvalue weighted by Crippen LogP contribution is -2.85. The van der Waals surface area contributed by atoms with Gasteiger partial charge in [-0.1, -0.05) is 6.58 Å². The van der Waals surface area contributed by atoms with E-state index in [0.717, 1.165) is 0 Å². The molecule has 0 radical (unpaired) electrons. The number of rotatable bonds is 1. The number of carboxylic acids is 1. The second-order valence-electron chi connectivity index (χ2n) is 2.99. The molecule has 3 nitrogen and oxygen atoms in total. The van der Waals surface area contributed by atoms with Crippen LogP contribution in [-0.2, 0) is 4.79 Å². The molecule has 1 fully saturated rings. The Morgan fingerprint density at radius 2 is 1.75 bits per heavy atom. The Morgan fingerprint density at radius 1 is 1.33 bits per heavy atom. The van der Waals surface area contributed by atoms with E-state index in [1.807, 2.05) is 0 Å². The normalized spacial score (nSPS) is 15.8. The van der Waals surface area contributed by atoms with E-state index in [2.05, 4.69) is 11.9 Å². The van der Waals surface area contributed by atoms with Gasteiger partial charge in [0, 0.05) is 0 Å². The molecule has 1 aliphatic heterocycles. The zero-order valence-corrected chi connectivity index (χ0v) is 7.64. The van der Waals surface area contributed by atoms with Crippen molar-refractivity contribution in [2.24, 2.45) is 0 Å². The summed E-state index contributed by atoms with van der Waals surface area (Å²) in [5.74, 6) is -1.19. The van der Waals surface area contributed by atoms with Crippen molar-refractivity contribution in [3.63, 3.8) is 0 Å². The number of aliphatic carboxylic acids is 1. The highest BCUT2D eigenvalue weighted by Crippen LogP contribution is 1.91. The largest absolute Gasteiger partial charge is 0.545 e. The van der Waals surface area contributed by atoms with E-state index in [4.69, 9.17) is 0 Å². The number of carbonyl (C=O) groups excluding carboxylic acids is 1. The smallest absolute Gasteiger partial charge is 0.0755 e. The predicted octanol–water partition coefficient (Wildman–Crippen LogP) is -0.954. The van der Waals surface area contributed by atoms with Crippen molar-refractivity contribution in [3.05, 3.63) is 12.2 Å². The minimum absolute atomic E-state index is 0.0648. The van der Waals surface area contributed by atoms with Gasteiger partial charge in [-0.2, -0.15) is 0 Å². The number of quaternary nitrogens is 1. The molecule has 70 valence electrons. The number of hydrogen-bond acceptors (Lipinski definition) is 2. The van der Waals surface area contributed by atoms with Crippen LogP contribution < -0.4 is 10.4 Å². The summed E-state index contributed by atoms with van der Waals surface area (Å²) >= 11 is 0. The van der Waals surface area contributed by atoms with E-state index in [1.165, 1.54) is 39.3 Å². The molecule has 0 bridgehead atoms. The van der Waals surface area contributed by atoms with Crippen molar-refractivity contribution in [1.82, 2.24) is 0 Å². The lowest BCUT2D eigenvalue weighted by molar-refractivity contribution is -0.662. The maximum atomic E-state index is 9.49. The Balaban J connectivity index is 0.000000202. The number of piperidine rings is 1. The summed E-state index contributed by atoms with van der Waals surface area (Å²) in [6, 6.07) is 0. The van der Waals surface area contributed by atoms with Crippen LogP contribution in [0.3, 0.4) is 0 Å². The number of carbonyl (C=O) groups is 1. The van der Waals surface area contributed by atoms with Crippen LogP contribution >= 0.6 is 0 Å². The van der Waals surface area contributed by atoms with E-state index in [-0.39, 0.29) is 5.57 Å². The molecule has 0 spiro atoms. The standard InChI is InChI=1S/C5H11N.C4H6O2/c1-2-4-6-5-3-1;1-3(2)4(5)6/h6H,1-5H2;1H2,2H3,(H,5,6). The minimum atomic E-state index is -1.19. The van der Waals surface area contributed by atoms with Crippen molar-refractivity contribution in [1.29, 1.82) is 0 Å². The van der Waals surface area contributed by atoms with Crippen molar-refractivity contribution < 1.29 is 15.2 Å². The highest BCUT2D eigenvalue weighted by molar-refractivity contribution is 5.82. The first-order valence-electron chi connectivity index (χ1n) is 4.33. The minimum Gasteiger partial charge on any atom is -0.545 e. The van der Waals surface area contributed by atoms with Gasteiger partial charge in [-0.15, -0.1) is 0 Å². The van der Waals surface area contributed by atoms with Gasteiger partial charge < -0.3 is 15.2 Å². The first kappa shape index (κ1) is 11.2. The van der Waals surface area contributed by atoms with Gasteiger partial charge >= 0.3 is 0 Å². The van der Waals surface area contributed by atoms with Gasteiger partial charge in [0.05, 0.1) is 19.1 Å². The van der Waals surface area contributed by atoms with Crippen LogP contribution in [0, 0.1) is 0 Å². The van der Waals surface area contributed by atoms with Crippen LogP contribution in [0.2, 0.25) is 0 Å². The fourth-order valence-corrected chi connectivity index (χ4v) is 0.898. The highest BCUT2D eigenvalue weighted by atomic mass is 16.4. The molecule has 0 unspecified atom stereocenters. The van der Waals surface area contributed by atoms with E-state index in [1.54, 1.807) is 0 Å². The number of nitrogens with two attached hydrogens (primary N) is 1. The fourth-order valence-electron chi connectivity index (χ4n) is 0.898. The first-order chi connectivity index (χ1) is 5.64.